The molecule has 8 nitrogen and oxygen atoms in total. The molecule has 31 heavy (non-hydrogen) atoms. The molecule has 0 saturated carbocycles. The van der Waals surface area contributed by atoms with Gasteiger partial charge in [-0.3, -0.25) is 4.90 Å². The number of benzene rings is 1. The van der Waals surface area contributed by atoms with Crippen LogP contribution in [0.15, 0.2) is 24.3 Å². The van der Waals surface area contributed by atoms with Crippen molar-refractivity contribution in [2.75, 3.05) is 44.3 Å². The molecule has 1 atom stereocenters. The minimum absolute atomic E-state index is 0.235. The fraction of sp³-hybridized carbons (Fsp3) is 0.682. The fourth-order valence-electron chi connectivity index (χ4n) is 4.48. The first-order valence-corrected chi connectivity index (χ1v) is 11.3. The Hall–Kier alpha value is -1.74. The molecule has 9 heteroatoms. The van der Waals surface area contributed by atoms with Crippen molar-refractivity contribution < 1.29 is 24.4 Å². The maximum Gasteiger partial charge on any atom is 0.451 e. The first kappa shape index (κ1) is 25.5. The molecule has 0 bridgehead atoms. The molecule has 2 saturated heterocycles. The van der Waals surface area contributed by atoms with E-state index in [-0.39, 0.29) is 12.2 Å². The maximum absolute atomic E-state index is 8.93. The first-order chi connectivity index (χ1) is 15.0. The van der Waals surface area contributed by atoms with E-state index in [1.54, 1.807) is 0 Å². The minimum atomic E-state index is -1.18. The van der Waals surface area contributed by atoms with Gasteiger partial charge in [0.2, 0.25) is 0 Å². The van der Waals surface area contributed by atoms with Crippen molar-refractivity contribution in [3.63, 3.8) is 0 Å². The zero-order valence-corrected chi connectivity index (χ0v) is 18.3. The van der Waals surface area contributed by atoms with E-state index in [0.29, 0.717) is 12.2 Å². The second-order valence-corrected chi connectivity index (χ2v) is 8.35. The van der Waals surface area contributed by atoms with Crippen LogP contribution in [0.4, 0.5) is 5.69 Å². The van der Waals surface area contributed by atoms with E-state index in [2.05, 4.69) is 34.1 Å². The molecule has 0 aromatic heterocycles. The highest BCUT2D eigenvalue weighted by Crippen LogP contribution is 2.27. The third-order valence-electron chi connectivity index (χ3n) is 6.22. The summed E-state index contributed by atoms with van der Waals surface area (Å²) in [4.78, 5) is 21.3. The van der Waals surface area contributed by atoms with Crippen molar-refractivity contribution in [3.05, 3.63) is 29.8 Å². The largest absolute Gasteiger partial charge is 0.451 e. The standard InChI is InChI=1S/C21H36BN3O3.CO2/c23-20(6-3-4-10-22(26)27)18-8-11-24(12-9-18)17-19-5-1-2-7-21(19)25-13-15-28-16-14-25;2-1-3/h1-2,5,7,18,20,26-27H,3-4,6,8-17,23H2;. The van der Waals surface area contributed by atoms with Gasteiger partial charge in [-0.05, 0) is 56.2 Å². The summed E-state index contributed by atoms with van der Waals surface area (Å²) < 4.78 is 5.50. The molecule has 1 aromatic rings. The van der Waals surface area contributed by atoms with E-state index >= 15 is 0 Å². The van der Waals surface area contributed by atoms with Gasteiger partial charge in [-0.2, -0.15) is 9.59 Å². The predicted molar refractivity (Wildman–Crippen MR) is 119 cm³/mol. The Morgan fingerprint density at radius 2 is 1.74 bits per heavy atom. The molecule has 1 aromatic carbocycles. The lowest BCUT2D eigenvalue weighted by atomic mass is 9.82. The number of hydrogen-bond acceptors (Lipinski definition) is 8. The van der Waals surface area contributed by atoms with Gasteiger partial charge in [0.05, 0.1) is 13.2 Å². The van der Waals surface area contributed by atoms with E-state index in [9.17, 15) is 0 Å². The highest BCUT2D eigenvalue weighted by atomic mass is 16.5. The third-order valence-corrected chi connectivity index (χ3v) is 6.22. The molecule has 0 amide bonds. The number of carbonyl (C=O) groups excluding carboxylic acids is 2. The SMILES string of the molecule is NC(CCCCB(O)O)C1CCN(Cc2ccccc2N2CCOCC2)CC1.O=C=O. The number of nitrogens with zero attached hydrogens (tertiary/aromatic N) is 2. The summed E-state index contributed by atoms with van der Waals surface area (Å²) in [5.74, 6) is 0.588. The molecule has 2 heterocycles. The number of morpholine rings is 1. The normalized spacial score (nSPS) is 18.6. The predicted octanol–water partition coefficient (Wildman–Crippen LogP) is 1.12. The first-order valence-electron chi connectivity index (χ1n) is 11.3. The zero-order valence-electron chi connectivity index (χ0n) is 18.3. The number of ether oxygens (including phenoxy) is 1. The monoisotopic (exact) mass is 433 g/mol. The molecular weight excluding hydrogens is 397 g/mol. The number of unbranched alkanes of at least 4 members (excludes halogenated alkanes) is 1. The zero-order chi connectivity index (χ0) is 22.5. The van der Waals surface area contributed by atoms with Crippen LogP contribution in [-0.4, -0.2) is 73.7 Å². The number of likely N-dealkylation sites (tertiary alicyclic amines) is 1. The van der Waals surface area contributed by atoms with Gasteiger partial charge in [-0.15, -0.1) is 0 Å². The Kier molecular flexibility index (Phi) is 11.8. The third kappa shape index (κ3) is 9.11. The number of anilines is 1. The highest BCUT2D eigenvalue weighted by Gasteiger charge is 2.25. The van der Waals surface area contributed by atoms with Crippen molar-refractivity contribution >= 4 is 19.0 Å². The van der Waals surface area contributed by atoms with Crippen LogP contribution in [0.1, 0.15) is 37.7 Å². The average Bonchev–Trinajstić information content (AvgIpc) is 2.78. The Bertz CT molecular complexity index is 658. The number of piperidine rings is 1. The van der Waals surface area contributed by atoms with Crippen molar-refractivity contribution in [2.24, 2.45) is 11.7 Å². The number of para-hydroxylation sites is 1. The fourth-order valence-corrected chi connectivity index (χ4v) is 4.48. The van der Waals surface area contributed by atoms with Crippen molar-refractivity contribution in [2.45, 2.75) is 51.0 Å². The van der Waals surface area contributed by atoms with Gasteiger partial charge < -0.3 is 25.4 Å². The average molecular weight is 433 g/mol. The number of hydrogen-bond donors (Lipinski definition) is 3. The molecule has 2 aliphatic heterocycles. The van der Waals surface area contributed by atoms with Gasteiger partial charge in [-0.25, -0.2) is 0 Å². The topological polar surface area (TPSA) is 116 Å². The van der Waals surface area contributed by atoms with Gasteiger partial charge in [-0.1, -0.05) is 31.0 Å². The van der Waals surface area contributed by atoms with Crippen LogP contribution >= 0.6 is 0 Å². The molecule has 1 unspecified atom stereocenters. The molecular formula is C22H36BN3O5. The van der Waals surface area contributed by atoms with Gasteiger partial charge >= 0.3 is 13.3 Å². The van der Waals surface area contributed by atoms with Crippen LogP contribution in [0, 0.1) is 5.92 Å². The summed E-state index contributed by atoms with van der Waals surface area (Å²) in [6.07, 6.45) is 5.81. The van der Waals surface area contributed by atoms with Crippen LogP contribution in [0.25, 0.3) is 0 Å². The highest BCUT2D eigenvalue weighted by molar-refractivity contribution is 6.40. The van der Waals surface area contributed by atoms with E-state index in [0.717, 1.165) is 78.0 Å². The van der Waals surface area contributed by atoms with Crippen LogP contribution in [0.3, 0.4) is 0 Å². The summed E-state index contributed by atoms with van der Waals surface area (Å²) in [5.41, 5.74) is 9.19. The second kappa shape index (κ2) is 14.4. The van der Waals surface area contributed by atoms with Gasteiger partial charge in [0, 0.05) is 31.4 Å². The lowest BCUT2D eigenvalue weighted by Gasteiger charge is -2.36. The molecule has 0 aliphatic carbocycles. The van der Waals surface area contributed by atoms with Gasteiger partial charge in [0.1, 0.15) is 0 Å². The lowest BCUT2D eigenvalue weighted by Crippen LogP contribution is -2.41. The van der Waals surface area contributed by atoms with E-state index in [1.807, 2.05) is 0 Å². The molecule has 4 N–H and O–H groups in total. The molecule has 0 radical (unpaired) electrons. The summed E-state index contributed by atoms with van der Waals surface area (Å²) >= 11 is 0. The van der Waals surface area contributed by atoms with Crippen molar-refractivity contribution in [3.8, 4) is 0 Å². The maximum atomic E-state index is 8.93. The van der Waals surface area contributed by atoms with Crippen LogP contribution in [0.5, 0.6) is 0 Å². The summed E-state index contributed by atoms with van der Waals surface area (Å²) in [6.45, 7) is 6.78. The summed E-state index contributed by atoms with van der Waals surface area (Å²) in [6, 6.07) is 9.02. The Labute approximate surface area is 185 Å². The van der Waals surface area contributed by atoms with Crippen LogP contribution in [-0.2, 0) is 20.9 Å². The van der Waals surface area contributed by atoms with E-state index in [1.165, 1.54) is 11.3 Å². The Morgan fingerprint density at radius 1 is 1.10 bits per heavy atom. The lowest BCUT2D eigenvalue weighted by molar-refractivity contribution is -0.191. The van der Waals surface area contributed by atoms with Crippen molar-refractivity contribution in [1.29, 1.82) is 0 Å². The van der Waals surface area contributed by atoms with E-state index < -0.39 is 7.12 Å². The van der Waals surface area contributed by atoms with Crippen molar-refractivity contribution in [1.82, 2.24) is 4.90 Å². The minimum Gasteiger partial charge on any atom is -0.427 e. The quantitative estimate of drug-likeness (QED) is 0.392. The van der Waals surface area contributed by atoms with Crippen LogP contribution in [0.2, 0.25) is 6.32 Å². The number of nitrogens with two attached hydrogens (primary N) is 1. The second-order valence-electron chi connectivity index (χ2n) is 8.35. The molecule has 172 valence electrons. The Balaban J connectivity index is 0.00000107. The summed E-state index contributed by atoms with van der Waals surface area (Å²) in [5, 5.41) is 17.9. The molecule has 2 fully saturated rings. The molecule has 2 aliphatic rings. The number of rotatable bonds is 9. The molecule has 0 spiro atoms. The van der Waals surface area contributed by atoms with Gasteiger partial charge in [0.25, 0.3) is 0 Å². The van der Waals surface area contributed by atoms with Crippen LogP contribution < -0.4 is 10.6 Å². The van der Waals surface area contributed by atoms with Gasteiger partial charge in [0.15, 0.2) is 0 Å². The molecule has 3 rings (SSSR count). The Morgan fingerprint density at radius 3 is 2.39 bits per heavy atom. The smallest absolute Gasteiger partial charge is 0.427 e. The summed E-state index contributed by atoms with van der Waals surface area (Å²) in [7, 11) is -1.18. The van der Waals surface area contributed by atoms with E-state index in [4.69, 9.17) is 30.1 Å².